The lowest BCUT2D eigenvalue weighted by atomic mass is 9.66. The molecule has 0 spiro atoms. The van der Waals surface area contributed by atoms with Crippen LogP contribution in [0.25, 0.3) is 0 Å². The lowest BCUT2D eigenvalue weighted by molar-refractivity contribution is -0.142. The molecule has 4 nitrogen and oxygen atoms in total. The van der Waals surface area contributed by atoms with E-state index >= 15 is 0 Å². The first-order chi connectivity index (χ1) is 15.6. The predicted molar refractivity (Wildman–Crippen MR) is 126 cm³/mol. The van der Waals surface area contributed by atoms with Crippen LogP contribution in [0.15, 0.2) is 79.0 Å². The third-order valence-corrected chi connectivity index (χ3v) is 6.66. The van der Waals surface area contributed by atoms with E-state index in [0.717, 1.165) is 48.3 Å². The molecule has 0 amide bonds. The van der Waals surface area contributed by atoms with Crippen LogP contribution < -0.4 is 4.74 Å². The number of carboxylic acid groups (broad SMARTS) is 1. The number of pyridine rings is 1. The molecule has 1 aliphatic rings. The van der Waals surface area contributed by atoms with Gasteiger partial charge < -0.3 is 9.84 Å². The van der Waals surface area contributed by atoms with Gasteiger partial charge >= 0.3 is 5.97 Å². The Kier molecular flexibility index (Phi) is 7.21. The van der Waals surface area contributed by atoms with Crippen molar-refractivity contribution in [2.75, 3.05) is 0 Å². The minimum absolute atomic E-state index is 0.138. The highest BCUT2D eigenvalue weighted by Gasteiger charge is 2.39. The van der Waals surface area contributed by atoms with Crippen molar-refractivity contribution < 1.29 is 14.6 Å². The molecular weight excluding hydrogens is 398 g/mol. The summed E-state index contributed by atoms with van der Waals surface area (Å²) in [6.45, 7) is 0.518. The summed E-state index contributed by atoms with van der Waals surface area (Å²) in [5.41, 5.74) is 3.06. The summed E-state index contributed by atoms with van der Waals surface area (Å²) >= 11 is 0. The fourth-order valence-electron chi connectivity index (χ4n) is 4.94. The fraction of sp³-hybridized carbons (Fsp3) is 0.357. The molecule has 32 heavy (non-hydrogen) atoms. The summed E-state index contributed by atoms with van der Waals surface area (Å²) in [5, 5.41) is 10.0. The normalized spacial score (nSPS) is 16.2. The Hall–Kier alpha value is -3.14. The highest BCUT2D eigenvalue weighted by atomic mass is 16.5. The molecule has 4 heteroatoms. The van der Waals surface area contributed by atoms with Gasteiger partial charge in [-0.25, -0.2) is 0 Å². The Morgan fingerprint density at radius 1 is 0.906 bits per heavy atom. The number of benzene rings is 2. The molecule has 1 saturated carbocycles. The van der Waals surface area contributed by atoms with E-state index in [1.807, 2.05) is 72.9 Å². The highest BCUT2D eigenvalue weighted by Crippen LogP contribution is 2.44. The minimum atomic E-state index is -0.727. The molecule has 1 heterocycles. The largest absolute Gasteiger partial charge is 0.489 e. The molecule has 0 bridgehead atoms. The third-order valence-electron chi connectivity index (χ3n) is 6.66. The lowest BCUT2D eigenvalue weighted by Gasteiger charge is -2.38. The first kappa shape index (κ1) is 22.1. The number of hydrogen-bond acceptors (Lipinski definition) is 3. The Bertz CT molecular complexity index is 980. The van der Waals surface area contributed by atoms with Crippen molar-refractivity contribution in [2.45, 2.75) is 57.0 Å². The van der Waals surface area contributed by atoms with Gasteiger partial charge in [0.15, 0.2) is 0 Å². The van der Waals surface area contributed by atoms with Crippen LogP contribution >= 0.6 is 0 Å². The minimum Gasteiger partial charge on any atom is -0.489 e. The van der Waals surface area contributed by atoms with Crippen molar-refractivity contribution in [3.8, 4) is 5.75 Å². The van der Waals surface area contributed by atoms with Crippen molar-refractivity contribution >= 4 is 5.97 Å². The molecule has 3 aromatic rings. The smallest absolute Gasteiger partial charge is 0.306 e. The molecule has 0 radical (unpaired) electrons. The number of ether oxygens (including phenoxy) is 1. The molecular formula is C28H31NO3. The number of aliphatic carboxylic acids is 1. The molecule has 166 valence electrons. The summed E-state index contributed by atoms with van der Waals surface area (Å²) < 4.78 is 5.87. The zero-order chi connectivity index (χ0) is 22.2. The monoisotopic (exact) mass is 429 g/mol. The van der Waals surface area contributed by atoms with Crippen LogP contribution in [-0.4, -0.2) is 16.1 Å². The molecule has 1 aromatic heterocycles. The lowest BCUT2D eigenvalue weighted by Crippen LogP contribution is -2.35. The van der Waals surface area contributed by atoms with Gasteiger partial charge in [0.2, 0.25) is 0 Å². The maximum Gasteiger partial charge on any atom is 0.306 e. The van der Waals surface area contributed by atoms with E-state index in [1.165, 1.54) is 6.42 Å². The van der Waals surface area contributed by atoms with E-state index in [4.69, 9.17) is 4.74 Å². The average molecular weight is 430 g/mol. The number of hydrogen-bond donors (Lipinski definition) is 1. The van der Waals surface area contributed by atoms with Crippen LogP contribution in [0.1, 0.15) is 55.3 Å². The predicted octanol–water partition coefficient (Wildman–Crippen LogP) is 6.20. The standard InChI is InChI=1S/C28H31NO3/c30-27(31)24(20-28(16-6-2-7-17-28)26-11-5-8-18-29-26)19-22-12-14-25(15-13-22)32-21-23-9-3-1-4-10-23/h1,3-5,8-15,18,24H,2,6-7,16-17,19-21H2,(H,30,31). The Morgan fingerprint density at radius 2 is 1.62 bits per heavy atom. The Morgan fingerprint density at radius 3 is 2.28 bits per heavy atom. The van der Waals surface area contributed by atoms with E-state index < -0.39 is 11.9 Å². The van der Waals surface area contributed by atoms with Gasteiger partial charge in [-0.15, -0.1) is 0 Å². The van der Waals surface area contributed by atoms with Crippen LogP contribution in [-0.2, 0) is 23.2 Å². The van der Waals surface area contributed by atoms with E-state index in [2.05, 4.69) is 11.1 Å². The first-order valence-corrected chi connectivity index (χ1v) is 11.5. The molecule has 1 aliphatic carbocycles. The van der Waals surface area contributed by atoms with Crippen LogP contribution in [0.2, 0.25) is 0 Å². The highest BCUT2D eigenvalue weighted by molar-refractivity contribution is 5.70. The maximum atomic E-state index is 12.2. The van der Waals surface area contributed by atoms with Crippen LogP contribution in [0.4, 0.5) is 0 Å². The number of carbonyl (C=O) groups is 1. The first-order valence-electron chi connectivity index (χ1n) is 11.5. The van der Waals surface area contributed by atoms with Gasteiger partial charge in [0.25, 0.3) is 0 Å². The zero-order valence-corrected chi connectivity index (χ0v) is 18.5. The summed E-state index contributed by atoms with van der Waals surface area (Å²) in [5.74, 6) is -0.372. The van der Waals surface area contributed by atoms with Gasteiger partial charge in [-0.1, -0.05) is 67.8 Å². The molecule has 0 aliphatic heterocycles. The zero-order valence-electron chi connectivity index (χ0n) is 18.5. The summed E-state index contributed by atoms with van der Waals surface area (Å²) in [6, 6.07) is 23.9. The van der Waals surface area contributed by atoms with Gasteiger partial charge in [0.1, 0.15) is 12.4 Å². The second-order valence-corrected chi connectivity index (χ2v) is 8.92. The molecule has 0 saturated heterocycles. The topological polar surface area (TPSA) is 59.4 Å². The third kappa shape index (κ3) is 5.56. The van der Waals surface area contributed by atoms with Crippen molar-refractivity contribution in [2.24, 2.45) is 5.92 Å². The Balaban J connectivity index is 1.44. The molecule has 1 unspecified atom stereocenters. The van der Waals surface area contributed by atoms with E-state index in [1.54, 1.807) is 0 Å². The SMILES string of the molecule is O=C(O)C(Cc1ccc(OCc2ccccc2)cc1)CC1(c2ccccn2)CCCCC1. The number of rotatable bonds is 9. The second kappa shape index (κ2) is 10.4. The average Bonchev–Trinajstić information content (AvgIpc) is 2.85. The van der Waals surface area contributed by atoms with Crippen LogP contribution in [0.3, 0.4) is 0 Å². The van der Waals surface area contributed by atoms with Gasteiger partial charge in [-0.05, 0) is 61.1 Å². The number of aromatic nitrogens is 1. The number of carboxylic acids is 1. The summed E-state index contributed by atoms with van der Waals surface area (Å²) in [7, 11) is 0. The molecule has 4 rings (SSSR count). The van der Waals surface area contributed by atoms with Crippen LogP contribution in [0.5, 0.6) is 5.75 Å². The van der Waals surface area contributed by atoms with Crippen molar-refractivity contribution in [3.63, 3.8) is 0 Å². The van der Waals surface area contributed by atoms with E-state index in [-0.39, 0.29) is 5.41 Å². The Labute approximate surface area is 190 Å². The maximum absolute atomic E-state index is 12.2. The van der Waals surface area contributed by atoms with Gasteiger partial charge in [0, 0.05) is 17.3 Å². The number of nitrogens with zero attached hydrogens (tertiary/aromatic N) is 1. The molecule has 1 atom stereocenters. The quantitative estimate of drug-likeness (QED) is 0.440. The summed E-state index contributed by atoms with van der Waals surface area (Å²) in [4.78, 5) is 16.9. The van der Waals surface area contributed by atoms with Crippen molar-refractivity contribution in [1.29, 1.82) is 0 Å². The van der Waals surface area contributed by atoms with Crippen molar-refractivity contribution in [3.05, 3.63) is 95.8 Å². The van der Waals surface area contributed by atoms with Gasteiger partial charge in [-0.2, -0.15) is 0 Å². The second-order valence-electron chi connectivity index (χ2n) is 8.92. The van der Waals surface area contributed by atoms with Gasteiger partial charge in [-0.3, -0.25) is 9.78 Å². The summed E-state index contributed by atoms with van der Waals surface area (Å²) in [6.07, 6.45) is 8.49. The molecule has 1 N–H and O–H groups in total. The van der Waals surface area contributed by atoms with Gasteiger partial charge in [0.05, 0.1) is 5.92 Å². The molecule has 1 fully saturated rings. The van der Waals surface area contributed by atoms with E-state index in [9.17, 15) is 9.90 Å². The van der Waals surface area contributed by atoms with Crippen molar-refractivity contribution in [1.82, 2.24) is 4.98 Å². The van der Waals surface area contributed by atoms with E-state index in [0.29, 0.717) is 19.4 Å². The fourth-order valence-corrected chi connectivity index (χ4v) is 4.94. The molecule has 2 aromatic carbocycles. The van der Waals surface area contributed by atoms with Crippen LogP contribution in [0, 0.1) is 5.92 Å².